The maximum Gasteiger partial charge on any atom is 0.0587 e. The summed E-state index contributed by atoms with van der Waals surface area (Å²) in [6.07, 6.45) is 2.47. The van der Waals surface area contributed by atoms with E-state index < -0.39 is 0 Å². The lowest BCUT2D eigenvalue weighted by Gasteiger charge is -2.05. The lowest BCUT2D eigenvalue weighted by molar-refractivity contribution is 0.199. The van der Waals surface area contributed by atoms with Gasteiger partial charge < -0.3 is 10.1 Å². The molecule has 0 aromatic heterocycles. The largest absolute Gasteiger partial charge is 0.383 e. The normalized spacial score (nSPS) is 11.1. The SMILES string of the molecule is COCCNCCCCSc1ccc2ccccc2c1. The molecule has 0 saturated carbocycles. The van der Waals surface area contributed by atoms with Crippen molar-refractivity contribution in [3.63, 3.8) is 0 Å². The Hall–Kier alpha value is -1.03. The molecule has 2 aromatic carbocycles. The van der Waals surface area contributed by atoms with Crippen LogP contribution in [0, 0.1) is 0 Å². The van der Waals surface area contributed by atoms with Crippen LogP contribution in [0.4, 0.5) is 0 Å². The highest BCUT2D eigenvalue weighted by Crippen LogP contribution is 2.24. The van der Waals surface area contributed by atoms with Crippen LogP contribution < -0.4 is 5.32 Å². The van der Waals surface area contributed by atoms with Gasteiger partial charge in [-0.3, -0.25) is 0 Å². The minimum atomic E-state index is 0.797. The zero-order valence-corrected chi connectivity index (χ0v) is 12.9. The fraction of sp³-hybridized carbons (Fsp3) is 0.412. The molecular formula is C17H23NOS. The van der Waals surface area contributed by atoms with Crippen LogP contribution in [0.2, 0.25) is 0 Å². The second-order valence-corrected chi connectivity index (χ2v) is 5.98. The fourth-order valence-electron chi connectivity index (χ4n) is 2.10. The van der Waals surface area contributed by atoms with E-state index >= 15 is 0 Å². The molecule has 0 atom stereocenters. The van der Waals surface area contributed by atoms with Gasteiger partial charge in [-0.05, 0) is 48.0 Å². The van der Waals surface area contributed by atoms with Crippen molar-refractivity contribution in [3.05, 3.63) is 42.5 Å². The first-order valence-electron chi connectivity index (χ1n) is 7.21. The molecule has 3 heteroatoms. The lowest BCUT2D eigenvalue weighted by Crippen LogP contribution is -2.20. The molecule has 0 fully saturated rings. The molecule has 0 spiro atoms. The first kappa shape index (κ1) is 15.4. The van der Waals surface area contributed by atoms with E-state index in [-0.39, 0.29) is 0 Å². The van der Waals surface area contributed by atoms with Crippen molar-refractivity contribution in [1.82, 2.24) is 5.32 Å². The van der Waals surface area contributed by atoms with Gasteiger partial charge in [-0.1, -0.05) is 30.3 Å². The number of ether oxygens (including phenoxy) is 1. The highest BCUT2D eigenvalue weighted by atomic mass is 32.2. The number of nitrogens with one attached hydrogen (secondary N) is 1. The monoisotopic (exact) mass is 289 g/mol. The third kappa shape index (κ3) is 5.16. The lowest BCUT2D eigenvalue weighted by atomic mass is 10.1. The van der Waals surface area contributed by atoms with E-state index in [0.29, 0.717) is 0 Å². The van der Waals surface area contributed by atoms with Crippen LogP contribution in [0.3, 0.4) is 0 Å². The predicted octanol–water partition coefficient (Wildman–Crippen LogP) is 3.95. The van der Waals surface area contributed by atoms with Crippen molar-refractivity contribution in [2.75, 3.05) is 32.6 Å². The molecule has 2 rings (SSSR count). The van der Waals surface area contributed by atoms with Crippen LogP contribution in [-0.4, -0.2) is 32.6 Å². The molecule has 0 aliphatic rings. The van der Waals surface area contributed by atoms with Crippen LogP contribution in [0.5, 0.6) is 0 Å². The van der Waals surface area contributed by atoms with Crippen molar-refractivity contribution in [1.29, 1.82) is 0 Å². The summed E-state index contributed by atoms with van der Waals surface area (Å²) < 4.78 is 5.00. The summed E-state index contributed by atoms with van der Waals surface area (Å²) in [5.74, 6) is 1.18. The average molecular weight is 289 g/mol. The molecule has 108 valence electrons. The fourth-order valence-corrected chi connectivity index (χ4v) is 3.06. The smallest absolute Gasteiger partial charge is 0.0587 e. The number of hydrogen-bond acceptors (Lipinski definition) is 3. The molecule has 0 heterocycles. The highest BCUT2D eigenvalue weighted by Gasteiger charge is 1.97. The minimum Gasteiger partial charge on any atom is -0.383 e. The number of unbranched alkanes of at least 4 members (excludes halogenated alkanes) is 1. The van der Waals surface area contributed by atoms with Crippen molar-refractivity contribution < 1.29 is 4.74 Å². The van der Waals surface area contributed by atoms with Crippen molar-refractivity contribution in [2.45, 2.75) is 17.7 Å². The first-order chi connectivity index (χ1) is 9.90. The maximum absolute atomic E-state index is 5.00. The summed E-state index contributed by atoms with van der Waals surface area (Å²) in [5.41, 5.74) is 0. The number of hydrogen-bond donors (Lipinski definition) is 1. The second-order valence-electron chi connectivity index (χ2n) is 4.81. The van der Waals surface area contributed by atoms with E-state index in [9.17, 15) is 0 Å². The predicted molar refractivity (Wildman–Crippen MR) is 88.7 cm³/mol. The van der Waals surface area contributed by atoms with E-state index in [1.54, 1.807) is 7.11 Å². The second kappa shape index (κ2) is 9.01. The minimum absolute atomic E-state index is 0.797. The van der Waals surface area contributed by atoms with Gasteiger partial charge in [0, 0.05) is 18.6 Å². The molecule has 1 N–H and O–H groups in total. The van der Waals surface area contributed by atoms with Gasteiger partial charge in [-0.25, -0.2) is 0 Å². The molecule has 2 aromatic rings. The van der Waals surface area contributed by atoms with E-state index in [4.69, 9.17) is 4.74 Å². The van der Waals surface area contributed by atoms with Gasteiger partial charge in [0.1, 0.15) is 0 Å². The Kier molecular flexibility index (Phi) is 6.92. The Morgan fingerprint density at radius 2 is 1.85 bits per heavy atom. The molecule has 0 bridgehead atoms. The van der Waals surface area contributed by atoms with Crippen LogP contribution in [0.25, 0.3) is 10.8 Å². The van der Waals surface area contributed by atoms with Crippen molar-refractivity contribution in [3.8, 4) is 0 Å². The first-order valence-corrected chi connectivity index (χ1v) is 8.20. The van der Waals surface area contributed by atoms with Crippen LogP contribution in [0.15, 0.2) is 47.4 Å². The summed E-state index contributed by atoms with van der Waals surface area (Å²) in [6, 6.07) is 15.3. The van der Waals surface area contributed by atoms with E-state index in [1.807, 2.05) is 11.8 Å². The van der Waals surface area contributed by atoms with E-state index in [0.717, 1.165) is 19.7 Å². The van der Waals surface area contributed by atoms with Gasteiger partial charge in [-0.15, -0.1) is 11.8 Å². The third-order valence-electron chi connectivity index (χ3n) is 3.22. The van der Waals surface area contributed by atoms with Crippen LogP contribution >= 0.6 is 11.8 Å². The van der Waals surface area contributed by atoms with Gasteiger partial charge in [0.05, 0.1) is 6.61 Å². The number of fused-ring (bicyclic) bond motifs is 1. The summed E-state index contributed by atoms with van der Waals surface area (Å²) in [5, 5.41) is 6.03. The van der Waals surface area contributed by atoms with Crippen molar-refractivity contribution in [2.24, 2.45) is 0 Å². The summed E-state index contributed by atoms with van der Waals surface area (Å²) >= 11 is 1.95. The van der Waals surface area contributed by atoms with Gasteiger partial charge >= 0.3 is 0 Å². The Morgan fingerprint density at radius 1 is 1.00 bits per heavy atom. The highest BCUT2D eigenvalue weighted by molar-refractivity contribution is 7.99. The number of methoxy groups -OCH3 is 1. The Morgan fingerprint density at radius 3 is 2.70 bits per heavy atom. The quantitative estimate of drug-likeness (QED) is 0.558. The van der Waals surface area contributed by atoms with E-state index in [1.165, 1.54) is 34.3 Å². The number of benzene rings is 2. The van der Waals surface area contributed by atoms with E-state index in [2.05, 4.69) is 47.8 Å². The molecule has 0 saturated heterocycles. The summed E-state index contributed by atoms with van der Waals surface area (Å²) in [7, 11) is 1.74. The molecule has 0 aliphatic carbocycles. The van der Waals surface area contributed by atoms with Gasteiger partial charge in [0.15, 0.2) is 0 Å². The van der Waals surface area contributed by atoms with Gasteiger partial charge in [0.25, 0.3) is 0 Å². The topological polar surface area (TPSA) is 21.3 Å². The number of rotatable bonds is 9. The Labute approximate surface area is 125 Å². The molecule has 0 unspecified atom stereocenters. The molecule has 0 amide bonds. The standard InChI is InChI=1S/C17H23NOS/c1-19-12-11-18-10-4-5-13-20-17-9-8-15-6-2-3-7-16(15)14-17/h2-3,6-9,14,18H,4-5,10-13H2,1H3. The van der Waals surface area contributed by atoms with Gasteiger partial charge in [0.2, 0.25) is 0 Å². The summed E-state index contributed by atoms with van der Waals surface area (Å²) in [6.45, 7) is 2.84. The number of thioether (sulfide) groups is 1. The third-order valence-corrected chi connectivity index (χ3v) is 4.30. The van der Waals surface area contributed by atoms with Crippen LogP contribution in [0.1, 0.15) is 12.8 Å². The maximum atomic E-state index is 5.00. The molecule has 0 radical (unpaired) electrons. The Bertz CT molecular complexity index is 515. The molecular weight excluding hydrogens is 266 g/mol. The molecule has 20 heavy (non-hydrogen) atoms. The van der Waals surface area contributed by atoms with Gasteiger partial charge in [-0.2, -0.15) is 0 Å². The molecule has 0 aliphatic heterocycles. The average Bonchev–Trinajstić information content (AvgIpc) is 2.50. The van der Waals surface area contributed by atoms with Crippen molar-refractivity contribution >= 4 is 22.5 Å². The zero-order valence-electron chi connectivity index (χ0n) is 12.1. The summed E-state index contributed by atoms with van der Waals surface area (Å²) in [4.78, 5) is 1.37. The van der Waals surface area contributed by atoms with Crippen LogP contribution in [-0.2, 0) is 4.74 Å². The zero-order chi connectivity index (χ0) is 14.0. The Balaban J connectivity index is 1.65. The molecule has 2 nitrogen and oxygen atoms in total.